The van der Waals surface area contributed by atoms with Gasteiger partial charge >= 0.3 is 0 Å². The number of benzene rings is 1. The molecule has 1 amide bonds. The lowest BCUT2D eigenvalue weighted by Gasteiger charge is -2.17. The number of rotatable bonds is 6. The van der Waals surface area contributed by atoms with E-state index in [2.05, 4.69) is 6.92 Å². The molecule has 1 aliphatic rings. The Bertz CT molecular complexity index is 448. The van der Waals surface area contributed by atoms with E-state index in [9.17, 15) is 4.79 Å². The Labute approximate surface area is 120 Å². The summed E-state index contributed by atoms with van der Waals surface area (Å²) in [7, 11) is 0. The van der Waals surface area contributed by atoms with Crippen molar-refractivity contribution in [3.8, 4) is 5.75 Å². The fourth-order valence-corrected chi connectivity index (χ4v) is 2.72. The molecule has 0 aromatic heterocycles. The van der Waals surface area contributed by atoms with Crippen LogP contribution in [0.2, 0.25) is 0 Å². The highest BCUT2D eigenvalue weighted by Crippen LogP contribution is 2.22. The zero-order valence-corrected chi connectivity index (χ0v) is 12.2. The van der Waals surface area contributed by atoms with Crippen molar-refractivity contribution in [3.63, 3.8) is 0 Å². The number of anilines is 1. The second kappa shape index (κ2) is 7.17. The minimum atomic E-state index is 0.193. The number of nitrogens with two attached hydrogens (primary N) is 1. The second-order valence-corrected chi connectivity index (χ2v) is 5.42. The van der Waals surface area contributed by atoms with E-state index in [1.807, 2.05) is 23.1 Å². The lowest BCUT2D eigenvalue weighted by atomic mass is 10.0. The minimum absolute atomic E-state index is 0.193. The molecule has 1 fully saturated rings. The van der Waals surface area contributed by atoms with Gasteiger partial charge in [-0.2, -0.15) is 0 Å². The first kappa shape index (κ1) is 14.7. The van der Waals surface area contributed by atoms with Crippen LogP contribution in [0.1, 0.15) is 32.6 Å². The number of nitrogen functional groups attached to an aromatic ring is 1. The summed E-state index contributed by atoms with van der Waals surface area (Å²) in [6.45, 7) is 4.40. The van der Waals surface area contributed by atoms with Crippen molar-refractivity contribution in [2.24, 2.45) is 5.92 Å². The number of carbonyl (C=O) groups is 1. The number of hydrogen-bond donors (Lipinski definition) is 1. The summed E-state index contributed by atoms with van der Waals surface area (Å²) in [4.78, 5) is 14.1. The van der Waals surface area contributed by atoms with Gasteiger partial charge in [0.2, 0.25) is 5.91 Å². The van der Waals surface area contributed by atoms with Crippen molar-refractivity contribution in [2.75, 3.05) is 25.4 Å². The minimum Gasteiger partial charge on any atom is -0.491 e. The predicted octanol–water partition coefficient (Wildman–Crippen LogP) is 2.69. The van der Waals surface area contributed by atoms with Gasteiger partial charge in [0.25, 0.3) is 0 Å². The summed E-state index contributed by atoms with van der Waals surface area (Å²) >= 11 is 0. The van der Waals surface area contributed by atoms with Crippen LogP contribution in [0.4, 0.5) is 5.69 Å². The van der Waals surface area contributed by atoms with Gasteiger partial charge in [0.05, 0.1) is 18.7 Å². The Hall–Kier alpha value is -1.71. The molecule has 20 heavy (non-hydrogen) atoms. The predicted molar refractivity (Wildman–Crippen MR) is 80.6 cm³/mol. The van der Waals surface area contributed by atoms with Crippen LogP contribution in [0.5, 0.6) is 5.75 Å². The Morgan fingerprint density at radius 1 is 1.45 bits per heavy atom. The van der Waals surface area contributed by atoms with E-state index in [1.54, 1.807) is 6.07 Å². The molecule has 2 rings (SSSR count). The van der Waals surface area contributed by atoms with Crippen LogP contribution in [-0.4, -0.2) is 30.5 Å². The van der Waals surface area contributed by atoms with Crippen LogP contribution in [0.15, 0.2) is 24.3 Å². The van der Waals surface area contributed by atoms with Crippen molar-refractivity contribution in [2.45, 2.75) is 32.6 Å². The molecule has 1 aromatic carbocycles. The third-order valence-electron chi connectivity index (χ3n) is 3.83. The first-order valence-corrected chi connectivity index (χ1v) is 7.45. The third-order valence-corrected chi connectivity index (χ3v) is 3.83. The number of amides is 1. The molecule has 1 atom stereocenters. The number of likely N-dealkylation sites (tertiary alicyclic amines) is 1. The highest BCUT2D eigenvalue weighted by Gasteiger charge is 2.25. The summed E-state index contributed by atoms with van der Waals surface area (Å²) in [6, 6.07) is 7.37. The SMILES string of the molecule is CCCC1CCN(C(=O)CCOc2ccccc2N)C1. The molecule has 0 spiro atoms. The van der Waals surface area contributed by atoms with Gasteiger partial charge < -0.3 is 15.4 Å². The summed E-state index contributed by atoms with van der Waals surface area (Å²) in [5.41, 5.74) is 6.41. The van der Waals surface area contributed by atoms with Crippen LogP contribution >= 0.6 is 0 Å². The second-order valence-electron chi connectivity index (χ2n) is 5.42. The largest absolute Gasteiger partial charge is 0.491 e. The number of para-hydroxylation sites is 2. The molecular weight excluding hydrogens is 252 g/mol. The zero-order valence-electron chi connectivity index (χ0n) is 12.2. The molecule has 1 saturated heterocycles. The van der Waals surface area contributed by atoms with Crippen LogP contribution < -0.4 is 10.5 Å². The fraction of sp³-hybridized carbons (Fsp3) is 0.562. The Morgan fingerprint density at radius 2 is 2.25 bits per heavy atom. The van der Waals surface area contributed by atoms with Crippen LogP contribution in [0, 0.1) is 5.92 Å². The van der Waals surface area contributed by atoms with Crippen LogP contribution in [0.25, 0.3) is 0 Å². The Kier molecular flexibility index (Phi) is 5.27. The van der Waals surface area contributed by atoms with Crippen molar-refractivity contribution < 1.29 is 9.53 Å². The fourth-order valence-electron chi connectivity index (χ4n) is 2.72. The first-order chi connectivity index (χ1) is 9.70. The molecule has 0 radical (unpaired) electrons. The van der Waals surface area contributed by atoms with Crippen LogP contribution in [-0.2, 0) is 4.79 Å². The van der Waals surface area contributed by atoms with E-state index < -0.39 is 0 Å². The molecule has 1 aliphatic heterocycles. The number of carbonyl (C=O) groups excluding carboxylic acids is 1. The summed E-state index contributed by atoms with van der Waals surface area (Å²) in [5.74, 6) is 1.54. The van der Waals surface area contributed by atoms with Crippen molar-refractivity contribution in [3.05, 3.63) is 24.3 Å². The molecule has 1 aromatic rings. The van der Waals surface area contributed by atoms with E-state index in [0.717, 1.165) is 19.5 Å². The normalized spacial score (nSPS) is 18.2. The molecule has 1 unspecified atom stereocenters. The highest BCUT2D eigenvalue weighted by atomic mass is 16.5. The van der Waals surface area contributed by atoms with E-state index in [-0.39, 0.29) is 5.91 Å². The number of nitrogens with zero attached hydrogens (tertiary/aromatic N) is 1. The van der Waals surface area contributed by atoms with Gasteiger partial charge in [0.15, 0.2) is 0 Å². The molecular formula is C16H24N2O2. The van der Waals surface area contributed by atoms with Gasteiger partial charge in [0.1, 0.15) is 5.75 Å². The molecule has 0 bridgehead atoms. The maximum absolute atomic E-state index is 12.1. The van der Waals surface area contributed by atoms with E-state index in [0.29, 0.717) is 30.4 Å². The van der Waals surface area contributed by atoms with Gasteiger partial charge in [-0.25, -0.2) is 0 Å². The summed E-state index contributed by atoms with van der Waals surface area (Å²) in [5, 5.41) is 0. The molecule has 0 aliphatic carbocycles. The zero-order chi connectivity index (χ0) is 14.4. The van der Waals surface area contributed by atoms with Gasteiger partial charge in [-0.15, -0.1) is 0 Å². The summed E-state index contributed by atoms with van der Waals surface area (Å²) in [6.07, 6.45) is 3.99. The maximum atomic E-state index is 12.1. The highest BCUT2D eigenvalue weighted by molar-refractivity contribution is 5.76. The van der Waals surface area contributed by atoms with E-state index >= 15 is 0 Å². The lowest BCUT2D eigenvalue weighted by Crippen LogP contribution is -2.29. The smallest absolute Gasteiger partial charge is 0.226 e. The molecule has 2 N–H and O–H groups in total. The topological polar surface area (TPSA) is 55.6 Å². The molecule has 4 heteroatoms. The maximum Gasteiger partial charge on any atom is 0.226 e. The lowest BCUT2D eigenvalue weighted by molar-refractivity contribution is -0.130. The third kappa shape index (κ3) is 3.89. The van der Waals surface area contributed by atoms with Gasteiger partial charge in [-0.05, 0) is 30.9 Å². The van der Waals surface area contributed by atoms with E-state index in [4.69, 9.17) is 10.5 Å². The van der Waals surface area contributed by atoms with Gasteiger partial charge in [-0.3, -0.25) is 4.79 Å². The van der Waals surface area contributed by atoms with Crippen molar-refractivity contribution in [1.29, 1.82) is 0 Å². The number of ether oxygens (including phenoxy) is 1. The Morgan fingerprint density at radius 3 is 3.00 bits per heavy atom. The van der Waals surface area contributed by atoms with Gasteiger partial charge in [0, 0.05) is 13.1 Å². The van der Waals surface area contributed by atoms with Crippen molar-refractivity contribution in [1.82, 2.24) is 4.90 Å². The molecule has 4 nitrogen and oxygen atoms in total. The first-order valence-electron chi connectivity index (χ1n) is 7.45. The quantitative estimate of drug-likeness (QED) is 0.813. The average molecular weight is 276 g/mol. The summed E-state index contributed by atoms with van der Waals surface area (Å²) < 4.78 is 5.57. The molecule has 1 heterocycles. The van der Waals surface area contributed by atoms with Crippen molar-refractivity contribution >= 4 is 11.6 Å². The Balaban J connectivity index is 1.72. The van der Waals surface area contributed by atoms with Crippen LogP contribution in [0.3, 0.4) is 0 Å². The molecule has 0 saturated carbocycles. The average Bonchev–Trinajstić information content (AvgIpc) is 2.90. The monoisotopic (exact) mass is 276 g/mol. The van der Waals surface area contributed by atoms with Gasteiger partial charge in [-0.1, -0.05) is 25.5 Å². The molecule has 110 valence electrons. The standard InChI is InChI=1S/C16H24N2O2/c1-2-5-13-8-10-18(12-13)16(19)9-11-20-15-7-4-3-6-14(15)17/h3-4,6-7,13H,2,5,8-12,17H2,1H3. The number of hydrogen-bond acceptors (Lipinski definition) is 3. The van der Waals surface area contributed by atoms with E-state index in [1.165, 1.54) is 12.8 Å².